The van der Waals surface area contributed by atoms with Crippen molar-refractivity contribution < 1.29 is 0 Å². The van der Waals surface area contributed by atoms with Crippen molar-refractivity contribution in [2.24, 2.45) is 0 Å². The van der Waals surface area contributed by atoms with Gasteiger partial charge in [0, 0.05) is 0 Å². The van der Waals surface area contributed by atoms with Crippen molar-refractivity contribution in [3.05, 3.63) is 70.1 Å². The van der Waals surface area contributed by atoms with Crippen molar-refractivity contribution in [1.29, 1.82) is 0 Å². The second kappa shape index (κ2) is 9.21. The van der Waals surface area contributed by atoms with Gasteiger partial charge in [-0.25, -0.2) is 0 Å². The van der Waals surface area contributed by atoms with Gasteiger partial charge < -0.3 is 0 Å². The zero-order valence-corrected chi connectivity index (χ0v) is 15.2. The maximum absolute atomic E-state index is 2.50. The fraction of sp³-hybridized carbons (Fsp3) is 0.222. The number of allylic oxidation sites excluding steroid dienone is 1. The average molecular weight is 394 g/mol. The van der Waals surface area contributed by atoms with E-state index >= 15 is 0 Å². The Kier molecular flexibility index (Phi) is 7.19. The summed E-state index contributed by atoms with van der Waals surface area (Å²) in [7, 11) is 0. The summed E-state index contributed by atoms with van der Waals surface area (Å²) >= 11 is 0.954. The fourth-order valence-corrected chi connectivity index (χ4v) is 7.43. The van der Waals surface area contributed by atoms with Gasteiger partial charge >= 0.3 is 135 Å². The van der Waals surface area contributed by atoms with Crippen LogP contribution < -0.4 is 8.92 Å². The summed E-state index contributed by atoms with van der Waals surface area (Å²) in [5.41, 5.74) is 0. The molecule has 0 saturated carbocycles. The second-order valence-corrected chi connectivity index (χ2v) is 10.5. The maximum atomic E-state index is 2.50. The van der Waals surface area contributed by atoms with Gasteiger partial charge in [-0.15, -0.1) is 0 Å². The van der Waals surface area contributed by atoms with Gasteiger partial charge in [-0.1, -0.05) is 0 Å². The zero-order valence-electron chi connectivity index (χ0n) is 11.8. The van der Waals surface area contributed by atoms with Crippen LogP contribution in [-0.2, 0) is 0 Å². The van der Waals surface area contributed by atoms with Gasteiger partial charge in [0.25, 0.3) is 0 Å². The molecule has 0 spiro atoms. The average Bonchev–Trinajstić information content (AvgIpc) is 2.49. The van der Waals surface area contributed by atoms with Crippen molar-refractivity contribution in [1.82, 2.24) is 0 Å². The number of benzene rings is 2. The van der Waals surface area contributed by atoms with E-state index in [1.54, 1.807) is 3.37 Å². The van der Waals surface area contributed by atoms with E-state index in [2.05, 4.69) is 73.7 Å². The van der Waals surface area contributed by atoms with Gasteiger partial charge in [0.05, 0.1) is 0 Å². The van der Waals surface area contributed by atoms with Crippen molar-refractivity contribution >= 4 is 38.8 Å². The third-order valence-electron chi connectivity index (χ3n) is 2.79. The molecule has 0 fully saturated rings. The Bertz CT molecular complexity index is 474. The SMILES string of the molecule is CCCCC=C([Se]c1ccccc1)[Se]c1ccccc1. The molecular weight excluding hydrogens is 374 g/mol. The Hall–Kier alpha value is -0.781. The third-order valence-corrected chi connectivity index (χ3v) is 8.28. The molecular formula is C18H20Se2. The molecule has 0 heterocycles. The van der Waals surface area contributed by atoms with Crippen LogP contribution >= 0.6 is 0 Å². The van der Waals surface area contributed by atoms with E-state index in [1.165, 1.54) is 28.2 Å². The van der Waals surface area contributed by atoms with Crippen molar-refractivity contribution in [3.8, 4) is 0 Å². The molecule has 2 aromatic carbocycles. The topological polar surface area (TPSA) is 0 Å². The quantitative estimate of drug-likeness (QED) is 0.500. The van der Waals surface area contributed by atoms with Gasteiger partial charge in [-0.2, -0.15) is 0 Å². The van der Waals surface area contributed by atoms with Crippen LogP contribution in [0.15, 0.2) is 70.1 Å². The van der Waals surface area contributed by atoms with Gasteiger partial charge in [-0.05, 0) is 0 Å². The molecule has 0 unspecified atom stereocenters. The van der Waals surface area contributed by atoms with Crippen LogP contribution in [0.4, 0.5) is 0 Å². The van der Waals surface area contributed by atoms with Gasteiger partial charge in [0.1, 0.15) is 0 Å². The molecule has 0 aliphatic heterocycles. The Morgan fingerprint density at radius 2 is 1.35 bits per heavy atom. The van der Waals surface area contributed by atoms with Crippen LogP contribution in [0.2, 0.25) is 0 Å². The molecule has 0 aliphatic carbocycles. The molecule has 2 heteroatoms. The van der Waals surface area contributed by atoms with Crippen LogP contribution in [-0.4, -0.2) is 29.9 Å². The first-order valence-corrected chi connectivity index (χ1v) is 10.5. The molecule has 0 radical (unpaired) electrons. The number of rotatable bonds is 7. The van der Waals surface area contributed by atoms with Gasteiger partial charge in [-0.3, -0.25) is 0 Å². The van der Waals surface area contributed by atoms with E-state index in [1.807, 2.05) is 0 Å². The van der Waals surface area contributed by atoms with E-state index in [9.17, 15) is 0 Å². The normalized spacial score (nSPS) is 10.2. The van der Waals surface area contributed by atoms with Crippen molar-refractivity contribution in [3.63, 3.8) is 0 Å². The molecule has 2 rings (SSSR count). The summed E-state index contributed by atoms with van der Waals surface area (Å²) in [5, 5.41) is 0. The number of hydrogen-bond donors (Lipinski definition) is 0. The Morgan fingerprint density at radius 3 is 1.80 bits per heavy atom. The third kappa shape index (κ3) is 5.69. The van der Waals surface area contributed by atoms with Crippen LogP contribution in [0.1, 0.15) is 26.2 Å². The molecule has 104 valence electrons. The molecule has 20 heavy (non-hydrogen) atoms. The summed E-state index contributed by atoms with van der Waals surface area (Å²) in [6, 6.07) is 21.8. The number of hydrogen-bond acceptors (Lipinski definition) is 0. The monoisotopic (exact) mass is 396 g/mol. The first-order valence-electron chi connectivity index (χ1n) is 7.04. The predicted octanol–water partition coefficient (Wildman–Crippen LogP) is 3.08. The first kappa shape index (κ1) is 15.6. The van der Waals surface area contributed by atoms with Crippen LogP contribution in [0.3, 0.4) is 0 Å². The molecule has 0 aromatic heterocycles. The molecule has 0 N–H and O–H groups in total. The Balaban J connectivity index is 2.06. The zero-order chi connectivity index (χ0) is 14.0. The van der Waals surface area contributed by atoms with Gasteiger partial charge in [0.2, 0.25) is 0 Å². The molecule has 0 nitrogen and oxygen atoms in total. The summed E-state index contributed by atoms with van der Waals surface area (Å²) in [4.78, 5) is 0. The molecule has 0 atom stereocenters. The van der Waals surface area contributed by atoms with E-state index < -0.39 is 0 Å². The molecule has 0 amide bonds. The second-order valence-electron chi connectivity index (χ2n) is 4.50. The molecule has 0 saturated heterocycles. The fourth-order valence-electron chi connectivity index (χ4n) is 1.74. The Morgan fingerprint density at radius 1 is 0.850 bits per heavy atom. The van der Waals surface area contributed by atoms with E-state index in [0.29, 0.717) is 29.9 Å². The summed E-state index contributed by atoms with van der Waals surface area (Å²) in [6.07, 6.45) is 6.32. The van der Waals surface area contributed by atoms with E-state index in [-0.39, 0.29) is 0 Å². The van der Waals surface area contributed by atoms with Crippen molar-refractivity contribution in [2.75, 3.05) is 0 Å². The Labute approximate surface area is 135 Å². The van der Waals surface area contributed by atoms with E-state index in [0.717, 1.165) is 0 Å². The molecule has 0 bridgehead atoms. The minimum absolute atomic E-state index is 0.477. The van der Waals surface area contributed by atoms with E-state index in [4.69, 9.17) is 0 Å². The van der Waals surface area contributed by atoms with Crippen LogP contribution in [0.25, 0.3) is 0 Å². The summed E-state index contributed by atoms with van der Waals surface area (Å²) < 4.78 is 4.64. The predicted molar refractivity (Wildman–Crippen MR) is 91.3 cm³/mol. The van der Waals surface area contributed by atoms with Crippen molar-refractivity contribution in [2.45, 2.75) is 26.2 Å². The molecule has 2 aromatic rings. The van der Waals surface area contributed by atoms with Crippen LogP contribution in [0.5, 0.6) is 0 Å². The van der Waals surface area contributed by atoms with Crippen LogP contribution in [0, 0.1) is 0 Å². The summed E-state index contributed by atoms with van der Waals surface area (Å²) in [5.74, 6) is 0. The minimum atomic E-state index is 0.477. The number of unbranched alkanes of at least 4 members (excludes halogenated alkanes) is 2. The standard InChI is InChI=1S/C18H20Se2/c1-2-3-6-15-18(19-16-11-7-4-8-12-16)20-17-13-9-5-10-14-17/h4-5,7-15H,2-3,6H2,1H3. The summed E-state index contributed by atoms with van der Waals surface area (Å²) in [6.45, 7) is 2.26. The first-order chi connectivity index (χ1) is 9.88. The van der Waals surface area contributed by atoms with Gasteiger partial charge in [0.15, 0.2) is 0 Å². The molecule has 0 aliphatic rings.